The maximum atomic E-state index is 15.2. The molecule has 2 aromatic heterocycles. The number of carbonyl (C=O) groups excluding carboxylic acids is 4. The van der Waals surface area contributed by atoms with Gasteiger partial charge in [0.1, 0.15) is 11.5 Å². The van der Waals surface area contributed by atoms with Crippen LogP contribution < -0.4 is 14.5 Å². The SMILES string of the molecule is COc1cc(C2C3=CCC4C(=O)N(c5cccc([N+](=O)[O-])c5)C(=O)C4C3CC3C(=O)N(c4cc(-c5sc6ccc(Cl)cc6c5C)nn4C)C(=O)C32C)cc(Cl)c1O. The number of aryl methyl sites for hydroxylation is 2. The third-order valence-corrected chi connectivity index (χ3v) is 14.2. The lowest BCUT2D eigenvalue weighted by Crippen LogP contribution is -2.49. The van der Waals surface area contributed by atoms with Crippen molar-refractivity contribution in [1.82, 2.24) is 9.78 Å². The zero-order chi connectivity index (χ0) is 40.4. The van der Waals surface area contributed by atoms with Gasteiger partial charge in [0.15, 0.2) is 11.5 Å². The van der Waals surface area contributed by atoms with Gasteiger partial charge >= 0.3 is 0 Å². The van der Waals surface area contributed by atoms with Crippen LogP contribution in [0.15, 0.2) is 72.3 Å². The summed E-state index contributed by atoms with van der Waals surface area (Å²) in [6, 6.07) is 15.9. The summed E-state index contributed by atoms with van der Waals surface area (Å²) in [5, 5.41) is 28.7. The fraction of sp³-hybridized carbons (Fsp3) is 0.293. The number of hydrogen-bond donors (Lipinski definition) is 1. The number of rotatable bonds is 6. The lowest BCUT2D eigenvalue weighted by atomic mass is 9.51. The summed E-state index contributed by atoms with van der Waals surface area (Å²) in [6.07, 6.45) is 2.11. The second-order valence-corrected chi connectivity index (χ2v) is 17.1. The van der Waals surface area contributed by atoms with Gasteiger partial charge in [0.25, 0.3) is 5.69 Å². The number of allylic oxidation sites excluding steroid dienone is 2. The largest absolute Gasteiger partial charge is 0.503 e. The van der Waals surface area contributed by atoms with Crippen LogP contribution in [-0.4, -0.2) is 50.5 Å². The van der Waals surface area contributed by atoms with E-state index in [2.05, 4.69) is 0 Å². The van der Waals surface area contributed by atoms with E-state index in [1.54, 1.807) is 26.1 Å². The molecule has 0 bridgehead atoms. The van der Waals surface area contributed by atoms with Crippen LogP contribution in [-0.2, 0) is 26.2 Å². The minimum absolute atomic E-state index is 0.0326. The van der Waals surface area contributed by atoms with E-state index in [0.717, 1.165) is 25.4 Å². The number of hydrogen-bond acceptors (Lipinski definition) is 10. The average molecular weight is 827 g/mol. The molecule has 4 aliphatic rings. The molecule has 290 valence electrons. The van der Waals surface area contributed by atoms with Crippen molar-refractivity contribution in [1.29, 1.82) is 0 Å². The summed E-state index contributed by atoms with van der Waals surface area (Å²) in [4.78, 5) is 72.7. The molecule has 9 rings (SSSR count). The van der Waals surface area contributed by atoms with Crippen molar-refractivity contribution in [2.45, 2.75) is 32.6 Å². The topological polar surface area (TPSA) is 165 Å². The number of phenols is 1. The lowest BCUT2D eigenvalue weighted by molar-refractivity contribution is -0.384. The molecular weight excluding hydrogens is 793 g/mol. The first-order valence-electron chi connectivity index (χ1n) is 18.2. The summed E-state index contributed by atoms with van der Waals surface area (Å²) in [7, 11) is 3.04. The van der Waals surface area contributed by atoms with Gasteiger partial charge in [0, 0.05) is 40.9 Å². The monoisotopic (exact) mass is 825 g/mol. The van der Waals surface area contributed by atoms with Crippen molar-refractivity contribution >= 4 is 85.4 Å². The quantitative estimate of drug-likeness (QED) is 0.0774. The Kier molecular flexibility index (Phi) is 8.43. The predicted octanol–water partition coefficient (Wildman–Crippen LogP) is 7.97. The van der Waals surface area contributed by atoms with Gasteiger partial charge in [-0.15, -0.1) is 11.3 Å². The normalized spacial score (nSPS) is 25.5. The number of carbonyl (C=O) groups is 4. The Balaban J connectivity index is 1.17. The second-order valence-electron chi connectivity index (χ2n) is 15.2. The fourth-order valence-electron chi connectivity index (χ4n) is 9.75. The Bertz CT molecular complexity index is 2690. The molecule has 6 unspecified atom stereocenters. The van der Waals surface area contributed by atoms with E-state index < -0.39 is 63.6 Å². The van der Waals surface area contributed by atoms with Gasteiger partial charge in [-0.2, -0.15) is 5.10 Å². The van der Waals surface area contributed by atoms with Gasteiger partial charge in [-0.3, -0.25) is 34.0 Å². The number of ether oxygens (including phenoxy) is 1. The van der Waals surface area contributed by atoms with E-state index >= 15 is 4.79 Å². The Morgan fingerprint density at radius 1 is 1.00 bits per heavy atom. The minimum Gasteiger partial charge on any atom is -0.503 e. The number of aromatic hydroxyl groups is 1. The number of halogens is 2. The highest BCUT2D eigenvalue weighted by molar-refractivity contribution is 7.22. The van der Waals surface area contributed by atoms with Crippen molar-refractivity contribution in [2.24, 2.45) is 36.1 Å². The van der Waals surface area contributed by atoms with Crippen LogP contribution in [0.25, 0.3) is 20.7 Å². The number of nitro benzene ring substituents is 1. The van der Waals surface area contributed by atoms with Gasteiger partial charge in [-0.25, -0.2) is 9.80 Å². The summed E-state index contributed by atoms with van der Waals surface area (Å²) in [5.74, 6) is -6.13. The minimum atomic E-state index is -1.42. The van der Waals surface area contributed by atoms with Crippen molar-refractivity contribution in [3.63, 3.8) is 0 Å². The molecule has 0 radical (unpaired) electrons. The van der Waals surface area contributed by atoms with Crippen LogP contribution in [0.1, 0.15) is 36.8 Å². The number of phenolic OH excluding ortho intramolecular Hbond substituents is 1. The molecule has 1 N–H and O–H groups in total. The number of nitrogens with zero attached hydrogens (tertiary/aromatic N) is 5. The van der Waals surface area contributed by atoms with E-state index in [4.69, 9.17) is 33.0 Å². The van der Waals surface area contributed by atoms with Crippen LogP contribution in [0, 0.1) is 46.1 Å². The molecule has 16 heteroatoms. The Labute approximate surface area is 339 Å². The van der Waals surface area contributed by atoms with Crippen LogP contribution in [0.4, 0.5) is 17.2 Å². The maximum absolute atomic E-state index is 15.2. The molecule has 13 nitrogen and oxygen atoms in total. The zero-order valence-electron chi connectivity index (χ0n) is 30.9. The van der Waals surface area contributed by atoms with Crippen LogP contribution in [0.3, 0.4) is 0 Å². The molecular formula is C41H33Cl2N5O8S. The van der Waals surface area contributed by atoms with Crippen molar-refractivity contribution in [2.75, 3.05) is 16.9 Å². The van der Waals surface area contributed by atoms with Gasteiger partial charge in [0.2, 0.25) is 23.6 Å². The van der Waals surface area contributed by atoms with E-state index in [-0.39, 0.29) is 46.6 Å². The van der Waals surface area contributed by atoms with E-state index in [9.17, 15) is 29.6 Å². The highest BCUT2D eigenvalue weighted by Gasteiger charge is 2.68. The average Bonchev–Trinajstić information content (AvgIpc) is 3.85. The first-order chi connectivity index (χ1) is 27.1. The molecule has 5 aromatic rings. The van der Waals surface area contributed by atoms with Crippen LogP contribution in [0.2, 0.25) is 10.0 Å². The first kappa shape index (κ1) is 37.0. The Morgan fingerprint density at radius 3 is 2.51 bits per heavy atom. The van der Waals surface area contributed by atoms with Gasteiger partial charge in [-0.1, -0.05) is 40.9 Å². The number of non-ortho nitro benzene ring substituents is 1. The Hall–Kier alpha value is -5.57. The predicted molar refractivity (Wildman–Crippen MR) is 214 cm³/mol. The highest BCUT2D eigenvalue weighted by atomic mass is 35.5. The Morgan fingerprint density at radius 2 is 1.77 bits per heavy atom. The molecule has 1 saturated carbocycles. The van der Waals surface area contributed by atoms with Gasteiger partial charge < -0.3 is 9.84 Å². The van der Waals surface area contributed by atoms with Crippen molar-refractivity contribution in [3.8, 4) is 22.1 Å². The number of methoxy groups -OCH3 is 1. The third kappa shape index (κ3) is 5.23. The lowest BCUT2D eigenvalue weighted by Gasteiger charge is -2.49. The first-order valence-corrected chi connectivity index (χ1v) is 19.7. The number of fused-ring (bicyclic) bond motifs is 5. The summed E-state index contributed by atoms with van der Waals surface area (Å²) in [6.45, 7) is 3.72. The van der Waals surface area contributed by atoms with Crippen molar-refractivity contribution in [3.05, 3.63) is 104 Å². The third-order valence-electron chi connectivity index (χ3n) is 12.4. The number of benzene rings is 3. The zero-order valence-corrected chi connectivity index (χ0v) is 33.2. The second kappa shape index (κ2) is 13.0. The highest BCUT2D eigenvalue weighted by Crippen LogP contribution is 2.64. The van der Waals surface area contributed by atoms with Gasteiger partial charge in [-0.05, 0) is 85.5 Å². The number of nitro groups is 1. The van der Waals surface area contributed by atoms with E-state index in [0.29, 0.717) is 21.9 Å². The molecule has 4 amide bonds. The summed E-state index contributed by atoms with van der Waals surface area (Å²) in [5.41, 5.74) is 1.10. The van der Waals surface area contributed by atoms with Crippen LogP contribution in [0.5, 0.6) is 11.5 Å². The standard InChI is InChI=1S/C41H33Cl2N5O8S/c1-18-25-14-20(42)8-11-31(25)57-36(18)29-17-32(45(3)44-29)47-38(51)27-16-26-23(34(41(27,2)40(47)53)19-12-28(43)35(49)30(13-19)56-4)9-10-24-33(26)39(52)46(37(24)50)21-6-5-7-22(15-21)48(54)55/h5-9,11-15,17,24,26-27,33-34,49H,10,16H2,1-4H3. The molecule has 2 aliphatic heterocycles. The molecule has 6 atom stereocenters. The van der Waals surface area contributed by atoms with E-state index in [1.165, 1.54) is 58.4 Å². The summed E-state index contributed by atoms with van der Waals surface area (Å²) < 4.78 is 8.00. The van der Waals surface area contributed by atoms with Gasteiger partial charge in [0.05, 0.1) is 50.8 Å². The van der Waals surface area contributed by atoms with Crippen LogP contribution >= 0.6 is 34.5 Å². The molecule has 57 heavy (non-hydrogen) atoms. The number of thiophene rings is 1. The number of imide groups is 2. The molecule has 2 aliphatic carbocycles. The molecule has 2 saturated heterocycles. The maximum Gasteiger partial charge on any atom is 0.271 e. The smallest absolute Gasteiger partial charge is 0.271 e. The molecule has 3 aromatic carbocycles. The van der Waals surface area contributed by atoms with Crippen molar-refractivity contribution < 1.29 is 33.9 Å². The van der Waals surface area contributed by atoms with E-state index in [1.807, 2.05) is 31.2 Å². The fourth-order valence-corrected chi connectivity index (χ4v) is 11.3. The number of anilines is 2. The number of aromatic nitrogens is 2. The summed E-state index contributed by atoms with van der Waals surface area (Å²) >= 11 is 14.4. The molecule has 3 fully saturated rings. The molecule has 4 heterocycles. The molecule has 0 spiro atoms. The number of amides is 4.